The average molecular weight is 237 g/mol. The first-order valence-electron chi connectivity index (χ1n) is 5.24. The second kappa shape index (κ2) is 5.03. The van der Waals surface area contributed by atoms with E-state index in [2.05, 4.69) is 10.6 Å². The summed E-state index contributed by atoms with van der Waals surface area (Å²) in [5.41, 5.74) is 0.685. The van der Waals surface area contributed by atoms with E-state index in [9.17, 15) is 4.79 Å². The molecule has 0 unspecified atom stereocenters. The van der Waals surface area contributed by atoms with Crippen LogP contribution in [0.1, 0.15) is 12.8 Å². The fraction of sp³-hybridized carbons (Fsp3) is 0.250. The van der Waals surface area contributed by atoms with Gasteiger partial charge in [0.25, 0.3) is 0 Å². The van der Waals surface area contributed by atoms with Crippen molar-refractivity contribution in [3.8, 4) is 0 Å². The van der Waals surface area contributed by atoms with Crippen LogP contribution in [0, 0.1) is 5.92 Å². The molecule has 1 aromatic rings. The maximum absolute atomic E-state index is 11.4. The van der Waals surface area contributed by atoms with Crippen molar-refractivity contribution in [2.45, 2.75) is 12.8 Å². The number of urea groups is 1. The van der Waals surface area contributed by atoms with Gasteiger partial charge in [0, 0.05) is 16.9 Å². The molecule has 2 N–H and O–H groups in total. The number of halogens is 1. The lowest BCUT2D eigenvalue weighted by molar-refractivity contribution is 0.255. The minimum absolute atomic E-state index is 0.251. The molecule has 0 bridgehead atoms. The lowest BCUT2D eigenvalue weighted by atomic mass is 10.3. The first kappa shape index (κ1) is 11.0. The molecule has 1 aliphatic carbocycles. The zero-order valence-electron chi connectivity index (χ0n) is 8.74. The number of hydrogen-bond acceptors (Lipinski definition) is 1. The fourth-order valence-electron chi connectivity index (χ4n) is 1.28. The third-order valence-electron chi connectivity index (χ3n) is 2.29. The average Bonchev–Trinajstić information content (AvgIpc) is 3.01. The molecule has 0 saturated heterocycles. The van der Waals surface area contributed by atoms with E-state index in [4.69, 9.17) is 11.6 Å². The molecule has 2 amide bonds. The number of carbonyl (C=O) groups excluding carboxylic acids is 1. The van der Waals surface area contributed by atoms with Crippen LogP contribution in [0.2, 0.25) is 5.02 Å². The summed E-state index contributed by atoms with van der Waals surface area (Å²) < 4.78 is 0. The second-order valence-corrected chi connectivity index (χ2v) is 4.24. The highest BCUT2D eigenvalue weighted by atomic mass is 35.5. The number of amides is 2. The summed E-state index contributed by atoms with van der Waals surface area (Å²) in [6.45, 7) is 0. The Labute approximate surface area is 99.5 Å². The van der Waals surface area contributed by atoms with Gasteiger partial charge in [0.15, 0.2) is 0 Å². The Kier molecular flexibility index (Phi) is 3.47. The molecule has 0 aliphatic heterocycles. The minimum Gasteiger partial charge on any atom is -0.315 e. The number of anilines is 1. The van der Waals surface area contributed by atoms with Crippen LogP contribution >= 0.6 is 11.6 Å². The van der Waals surface area contributed by atoms with E-state index in [1.807, 2.05) is 6.08 Å². The van der Waals surface area contributed by atoms with E-state index in [0.717, 1.165) is 0 Å². The van der Waals surface area contributed by atoms with Crippen molar-refractivity contribution in [3.05, 3.63) is 41.6 Å². The van der Waals surface area contributed by atoms with Gasteiger partial charge in [0.05, 0.1) is 0 Å². The van der Waals surface area contributed by atoms with Crippen LogP contribution < -0.4 is 10.6 Å². The van der Waals surface area contributed by atoms with Gasteiger partial charge in [-0.05, 0) is 37.0 Å². The Hall–Kier alpha value is -1.48. The van der Waals surface area contributed by atoms with Crippen molar-refractivity contribution >= 4 is 23.3 Å². The third kappa shape index (κ3) is 3.59. The normalized spacial score (nSPS) is 15.1. The quantitative estimate of drug-likeness (QED) is 0.830. The molecular formula is C12H13ClN2O. The molecule has 16 heavy (non-hydrogen) atoms. The lowest BCUT2D eigenvalue weighted by Crippen LogP contribution is -2.23. The molecule has 0 spiro atoms. The zero-order valence-corrected chi connectivity index (χ0v) is 9.50. The van der Waals surface area contributed by atoms with Crippen LogP contribution in [-0.4, -0.2) is 6.03 Å². The lowest BCUT2D eigenvalue weighted by Gasteiger charge is -2.04. The monoisotopic (exact) mass is 236 g/mol. The van der Waals surface area contributed by atoms with Crippen molar-refractivity contribution in [1.82, 2.24) is 5.32 Å². The first-order chi connectivity index (χ1) is 7.74. The van der Waals surface area contributed by atoms with Gasteiger partial charge in [-0.2, -0.15) is 0 Å². The standard InChI is InChI=1S/C12H13ClN2O/c13-10-2-1-3-11(8-10)15-12(16)14-7-6-9-4-5-9/h1-3,6-9H,4-5H2,(H2,14,15,16)/b7-6+. The molecule has 0 radical (unpaired) electrons. The van der Waals surface area contributed by atoms with Gasteiger partial charge < -0.3 is 10.6 Å². The highest BCUT2D eigenvalue weighted by Gasteiger charge is 2.16. The van der Waals surface area contributed by atoms with E-state index in [1.165, 1.54) is 12.8 Å². The highest BCUT2D eigenvalue weighted by molar-refractivity contribution is 6.30. The van der Waals surface area contributed by atoms with Gasteiger partial charge in [-0.25, -0.2) is 4.79 Å². The molecule has 1 saturated carbocycles. The Morgan fingerprint density at radius 1 is 1.44 bits per heavy atom. The smallest absolute Gasteiger partial charge is 0.315 e. The molecule has 1 aromatic carbocycles. The van der Waals surface area contributed by atoms with Crippen LogP contribution in [-0.2, 0) is 0 Å². The van der Waals surface area contributed by atoms with Crippen molar-refractivity contribution in [3.63, 3.8) is 0 Å². The summed E-state index contributed by atoms with van der Waals surface area (Å²) >= 11 is 5.80. The Morgan fingerprint density at radius 2 is 2.25 bits per heavy atom. The van der Waals surface area contributed by atoms with Crippen molar-refractivity contribution in [2.24, 2.45) is 5.92 Å². The second-order valence-electron chi connectivity index (χ2n) is 3.81. The molecule has 1 aliphatic rings. The molecule has 0 heterocycles. The maximum Gasteiger partial charge on any atom is 0.323 e. The van der Waals surface area contributed by atoms with Crippen LogP contribution in [0.15, 0.2) is 36.5 Å². The molecule has 0 aromatic heterocycles. The molecule has 4 heteroatoms. The van der Waals surface area contributed by atoms with Gasteiger partial charge >= 0.3 is 6.03 Å². The first-order valence-corrected chi connectivity index (χ1v) is 5.61. The number of benzene rings is 1. The van der Waals surface area contributed by atoms with Gasteiger partial charge in [0.1, 0.15) is 0 Å². The Balaban J connectivity index is 1.81. The van der Waals surface area contributed by atoms with E-state index in [1.54, 1.807) is 30.5 Å². The Morgan fingerprint density at radius 3 is 2.94 bits per heavy atom. The largest absolute Gasteiger partial charge is 0.323 e. The third-order valence-corrected chi connectivity index (χ3v) is 2.52. The number of allylic oxidation sites excluding steroid dienone is 1. The number of rotatable bonds is 3. The molecule has 0 atom stereocenters. The SMILES string of the molecule is O=C(N/C=C/C1CC1)Nc1cccc(Cl)c1. The molecule has 84 valence electrons. The van der Waals surface area contributed by atoms with Crippen LogP contribution in [0.25, 0.3) is 0 Å². The predicted molar refractivity (Wildman–Crippen MR) is 65.5 cm³/mol. The van der Waals surface area contributed by atoms with Crippen molar-refractivity contribution in [2.75, 3.05) is 5.32 Å². The maximum atomic E-state index is 11.4. The van der Waals surface area contributed by atoms with Crippen molar-refractivity contribution < 1.29 is 4.79 Å². The topological polar surface area (TPSA) is 41.1 Å². The van der Waals surface area contributed by atoms with E-state index in [-0.39, 0.29) is 6.03 Å². The van der Waals surface area contributed by atoms with Gasteiger partial charge in [-0.15, -0.1) is 0 Å². The van der Waals surface area contributed by atoms with Crippen LogP contribution in [0.5, 0.6) is 0 Å². The van der Waals surface area contributed by atoms with Gasteiger partial charge in [-0.1, -0.05) is 23.7 Å². The van der Waals surface area contributed by atoms with Crippen LogP contribution in [0.4, 0.5) is 10.5 Å². The summed E-state index contributed by atoms with van der Waals surface area (Å²) in [5, 5.41) is 5.94. The van der Waals surface area contributed by atoms with E-state index < -0.39 is 0 Å². The Bertz CT molecular complexity index is 413. The zero-order chi connectivity index (χ0) is 11.4. The summed E-state index contributed by atoms with van der Waals surface area (Å²) in [4.78, 5) is 11.4. The number of nitrogens with one attached hydrogen (secondary N) is 2. The fourth-order valence-corrected chi connectivity index (χ4v) is 1.47. The minimum atomic E-state index is -0.251. The van der Waals surface area contributed by atoms with Crippen molar-refractivity contribution in [1.29, 1.82) is 0 Å². The molecule has 2 rings (SSSR count). The van der Waals surface area contributed by atoms with Gasteiger partial charge in [0.2, 0.25) is 0 Å². The molecular weight excluding hydrogens is 224 g/mol. The molecule has 3 nitrogen and oxygen atoms in total. The van der Waals surface area contributed by atoms with Crippen LogP contribution in [0.3, 0.4) is 0 Å². The van der Waals surface area contributed by atoms with E-state index in [0.29, 0.717) is 16.6 Å². The number of carbonyl (C=O) groups is 1. The molecule has 1 fully saturated rings. The summed E-state index contributed by atoms with van der Waals surface area (Å²) in [6, 6.07) is 6.79. The number of hydrogen-bond donors (Lipinski definition) is 2. The summed E-state index contributed by atoms with van der Waals surface area (Å²) in [5.74, 6) is 0.659. The van der Waals surface area contributed by atoms with Gasteiger partial charge in [-0.3, -0.25) is 0 Å². The highest BCUT2D eigenvalue weighted by Crippen LogP contribution is 2.29. The summed E-state index contributed by atoms with van der Waals surface area (Å²) in [6.07, 6.45) is 6.16. The van der Waals surface area contributed by atoms with E-state index >= 15 is 0 Å². The predicted octanol–water partition coefficient (Wildman–Crippen LogP) is 3.39. The summed E-state index contributed by atoms with van der Waals surface area (Å²) in [7, 11) is 0.